The third kappa shape index (κ3) is 3.05. The minimum absolute atomic E-state index is 0.491. The predicted molar refractivity (Wildman–Crippen MR) is 75.2 cm³/mol. The molecule has 0 bridgehead atoms. The van der Waals surface area contributed by atoms with E-state index in [9.17, 15) is 0 Å². The van der Waals surface area contributed by atoms with Crippen LogP contribution in [0.3, 0.4) is 0 Å². The first-order chi connectivity index (χ1) is 7.86. The molecule has 2 rings (SSSR count). The molecule has 2 unspecified atom stereocenters. The topological polar surface area (TPSA) is 3.24 Å². The largest absolute Gasteiger partial charge is 0.300 e. The first-order valence-corrected chi connectivity index (χ1v) is 7.60. The molecule has 1 aliphatic carbocycles. The van der Waals surface area contributed by atoms with Gasteiger partial charge in [0.15, 0.2) is 0 Å². The molecule has 1 aliphatic heterocycles. The third-order valence-electron chi connectivity index (χ3n) is 5.03. The summed E-state index contributed by atoms with van der Waals surface area (Å²) in [5.74, 6) is 1.02. The minimum atomic E-state index is 0.491. The first-order valence-electron chi connectivity index (χ1n) is 7.60. The van der Waals surface area contributed by atoms with Gasteiger partial charge in [-0.3, -0.25) is 4.90 Å². The molecule has 1 saturated carbocycles. The van der Waals surface area contributed by atoms with Crippen molar-refractivity contribution in [1.82, 2.24) is 4.90 Å². The van der Waals surface area contributed by atoms with Crippen LogP contribution in [-0.2, 0) is 0 Å². The summed E-state index contributed by atoms with van der Waals surface area (Å²) in [5, 5.41) is 0. The average molecular weight is 237 g/mol. The Hall–Kier alpha value is -0.0400. The van der Waals surface area contributed by atoms with Crippen LogP contribution in [0.25, 0.3) is 0 Å². The zero-order chi connectivity index (χ0) is 12.7. The van der Waals surface area contributed by atoms with E-state index in [4.69, 9.17) is 0 Å². The highest BCUT2D eigenvalue weighted by atomic mass is 15.2. The van der Waals surface area contributed by atoms with Crippen LogP contribution in [0.5, 0.6) is 0 Å². The lowest BCUT2D eigenvalue weighted by Gasteiger charge is -2.52. The van der Waals surface area contributed by atoms with Gasteiger partial charge in [-0.2, -0.15) is 0 Å². The van der Waals surface area contributed by atoms with E-state index in [0.29, 0.717) is 5.41 Å². The van der Waals surface area contributed by atoms with Crippen LogP contribution >= 0.6 is 0 Å². The molecule has 2 fully saturated rings. The molecule has 0 aromatic heterocycles. The maximum absolute atomic E-state index is 2.77. The summed E-state index contributed by atoms with van der Waals surface area (Å²) in [4.78, 5) is 2.77. The number of nitrogens with zero attached hydrogens (tertiary/aromatic N) is 1. The van der Waals surface area contributed by atoms with E-state index in [2.05, 4.69) is 39.5 Å². The van der Waals surface area contributed by atoms with E-state index < -0.39 is 0 Å². The standard InChI is InChI=1S/C16H31N/c1-6-7-14-13(16(5)8-9-16)12-17(14)11-10-15(2,3)4/h13-14H,6-12H2,1-5H3. The molecule has 0 amide bonds. The van der Waals surface area contributed by atoms with Crippen LogP contribution < -0.4 is 0 Å². The van der Waals surface area contributed by atoms with Gasteiger partial charge in [0.2, 0.25) is 0 Å². The number of likely N-dealkylation sites (tertiary alicyclic amines) is 1. The van der Waals surface area contributed by atoms with Crippen LogP contribution in [0.15, 0.2) is 0 Å². The molecule has 0 aromatic rings. The summed E-state index contributed by atoms with van der Waals surface area (Å²) in [6, 6.07) is 0.912. The molecule has 1 heterocycles. The zero-order valence-electron chi connectivity index (χ0n) is 12.6. The molecule has 100 valence electrons. The number of hydrogen-bond donors (Lipinski definition) is 0. The van der Waals surface area contributed by atoms with Crippen molar-refractivity contribution >= 4 is 0 Å². The zero-order valence-corrected chi connectivity index (χ0v) is 12.6. The van der Waals surface area contributed by atoms with Crippen molar-refractivity contribution in [2.24, 2.45) is 16.7 Å². The van der Waals surface area contributed by atoms with Crippen LogP contribution in [0.4, 0.5) is 0 Å². The molecule has 0 spiro atoms. The molecule has 2 atom stereocenters. The molecule has 1 nitrogen and oxygen atoms in total. The third-order valence-corrected chi connectivity index (χ3v) is 5.03. The summed E-state index contributed by atoms with van der Waals surface area (Å²) in [5.41, 5.74) is 1.23. The van der Waals surface area contributed by atoms with Gasteiger partial charge in [-0.1, -0.05) is 41.0 Å². The van der Waals surface area contributed by atoms with Crippen LogP contribution in [0.1, 0.15) is 66.7 Å². The van der Waals surface area contributed by atoms with Crippen molar-refractivity contribution < 1.29 is 0 Å². The highest BCUT2D eigenvalue weighted by Gasteiger charge is 2.54. The SMILES string of the molecule is CCCC1C(C2(C)CC2)CN1CCC(C)(C)C. The van der Waals surface area contributed by atoms with Gasteiger partial charge in [-0.05, 0) is 49.0 Å². The number of hydrogen-bond acceptors (Lipinski definition) is 1. The Morgan fingerprint density at radius 1 is 1.24 bits per heavy atom. The van der Waals surface area contributed by atoms with Gasteiger partial charge in [0.25, 0.3) is 0 Å². The Bertz CT molecular complexity index is 257. The lowest BCUT2D eigenvalue weighted by atomic mass is 9.74. The number of rotatable bonds is 5. The average Bonchev–Trinajstić information content (AvgIpc) is 2.90. The summed E-state index contributed by atoms with van der Waals surface area (Å²) >= 11 is 0. The van der Waals surface area contributed by atoms with Crippen molar-refractivity contribution in [3.05, 3.63) is 0 Å². The Labute approximate surface area is 108 Å². The van der Waals surface area contributed by atoms with E-state index in [1.54, 1.807) is 0 Å². The second kappa shape index (κ2) is 4.57. The first kappa shape index (κ1) is 13.4. The lowest BCUT2D eigenvalue weighted by molar-refractivity contribution is -0.0342. The molecule has 17 heavy (non-hydrogen) atoms. The smallest absolute Gasteiger partial charge is 0.0141 e. The molecular weight excluding hydrogens is 206 g/mol. The monoisotopic (exact) mass is 237 g/mol. The van der Waals surface area contributed by atoms with Crippen LogP contribution in [-0.4, -0.2) is 24.0 Å². The fourth-order valence-corrected chi connectivity index (χ4v) is 3.29. The predicted octanol–water partition coefficient (Wildman–Crippen LogP) is 4.32. The Balaban J connectivity index is 1.84. The maximum atomic E-state index is 2.77. The van der Waals surface area contributed by atoms with Gasteiger partial charge in [0.05, 0.1) is 0 Å². The summed E-state index contributed by atoms with van der Waals surface area (Å²) < 4.78 is 0. The quantitative estimate of drug-likeness (QED) is 0.688. The molecule has 1 heteroatoms. The van der Waals surface area contributed by atoms with Crippen molar-refractivity contribution in [1.29, 1.82) is 0 Å². The van der Waals surface area contributed by atoms with Gasteiger partial charge in [-0.25, -0.2) is 0 Å². The Morgan fingerprint density at radius 3 is 2.35 bits per heavy atom. The van der Waals surface area contributed by atoms with Crippen LogP contribution in [0.2, 0.25) is 0 Å². The molecule has 2 aliphatic rings. The van der Waals surface area contributed by atoms with Crippen LogP contribution in [0, 0.1) is 16.7 Å². The normalized spacial score (nSPS) is 32.3. The van der Waals surface area contributed by atoms with E-state index >= 15 is 0 Å². The second-order valence-electron chi connectivity index (χ2n) is 7.92. The maximum Gasteiger partial charge on any atom is 0.0141 e. The Kier molecular flexibility index (Phi) is 3.60. The van der Waals surface area contributed by atoms with Crippen molar-refractivity contribution in [3.8, 4) is 0 Å². The molecule has 0 N–H and O–H groups in total. The van der Waals surface area contributed by atoms with Crippen molar-refractivity contribution in [2.75, 3.05) is 13.1 Å². The summed E-state index contributed by atoms with van der Waals surface area (Å²) in [6.45, 7) is 14.6. The summed E-state index contributed by atoms with van der Waals surface area (Å²) in [7, 11) is 0. The van der Waals surface area contributed by atoms with Gasteiger partial charge in [0.1, 0.15) is 0 Å². The molecular formula is C16H31N. The van der Waals surface area contributed by atoms with Crippen molar-refractivity contribution in [3.63, 3.8) is 0 Å². The van der Waals surface area contributed by atoms with Gasteiger partial charge in [-0.15, -0.1) is 0 Å². The minimum Gasteiger partial charge on any atom is -0.300 e. The Morgan fingerprint density at radius 2 is 1.88 bits per heavy atom. The highest BCUT2D eigenvalue weighted by molar-refractivity contribution is 5.06. The van der Waals surface area contributed by atoms with E-state index in [1.807, 2.05) is 0 Å². The van der Waals surface area contributed by atoms with Crippen molar-refractivity contribution in [2.45, 2.75) is 72.8 Å². The fraction of sp³-hybridized carbons (Fsp3) is 1.00. The lowest BCUT2D eigenvalue weighted by Crippen LogP contribution is -2.59. The van der Waals surface area contributed by atoms with E-state index in [-0.39, 0.29) is 0 Å². The molecule has 1 saturated heterocycles. The second-order valence-corrected chi connectivity index (χ2v) is 7.92. The van der Waals surface area contributed by atoms with E-state index in [1.165, 1.54) is 45.2 Å². The van der Waals surface area contributed by atoms with Gasteiger partial charge >= 0.3 is 0 Å². The van der Waals surface area contributed by atoms with Gasteiger partial charge < -0.3 is 0 Å². The van der Waals surface area contributed by atoms with E-state index in [0.717, 1.165) is 17.4 Å². The highest BCUT2D eigenvalue weighted by Crippen LogP contribution is 2.57. The molecule has 0 aromatic carbocycles. The molecule has 0 radical (unpaired) electrons. The van der Waals surface area contributed by atoms with Gasteiger partial charge in [0, 0.05) is 12.6 Å². The summed E-state index contributed by atoms with van der Waals surface area (Å²) in [6.07, 6.45) is 7.10. The fourth-order valence-electron chi connectivity index (χ4n) is 3.29.